The number of rotatable bonds is 5. The van der Waals surface area contributed by atoms with E-state index >= 15 is 0 Å². The molecule has 0 aliphatic carbocycles. The normalized spacial score (nSPS) is 12.1. The van der Waals surface area contributed by atoms with Gasteiger partial charge in [0.25, 0.3) is 0 Å². The van der Waals surface area contributed by atoms with Crippen LogP contribution in [0.5, 0.6) is 40.2 Å². The van der Waals surface area contributed by atoms with Crippen LogP contribution in [-0.2, 0) is 0 Å². The number of aromatic hydroxyl groups is 7. The van der Waals surface area contributed by atoms with Gasteiger partial charge in [-0.1, -0.05) is 115 Å². The molecule has 0 aliphatic heterocycles. The third-order valence-corrected chi connectivity index (χ3v) is 9.18. The molecule has 0 atom stereocenters. The summed E-state index contributed by atoms with van der Waals surface area (Å²) in [6, 6.07) is 30.7. The van der Waals surface area contributed by atoms with Crippen molar-refractivity contribution in [2.24, 2.45) is 0 Å². The number of allylic oxidation sites excluding steroid dienone is 3. The van der Waals surface area contributed by atoms with Crippen LogP contribution in [0, 0.1) is 6.92 Å². The zero-order valence-electron chi connectivity index (χ0n) is 26.6. The first-order chi connectivity index (χ1) is 23.6. The Morgan fingerprint density at radius 3 is 1.73 bits per heavy atom. The van der Waals surface area contributed by atoms with Gasteiger partial charge in [-0.15, -0.1) is 0 Å². The van der Waals surface area contributed by atoms with Crippen LogP contribution >= 0.6 is 0 Å². The summed E-state index contributed by atoms with van der Waals surface area (Å²) >= 11 is 0. The van der Waals surface area contributed by atoms with Gasteiger partial charge in [0, 0.05) is 38.2 Å². The minimum Gasteiger partial charge on any atom is -0.507 e. The number of hydrogen-bond donors (Lipinski definition) is 7. The summed E-state index contributed by atoms with van der Waals surface area (Å²) in [5.74, 6) is -4.95. The second-order valence-electron chi connectivity index (χ2n) is 11.9. The lowest BCUT2D eigenvalue weighted by Crippen LogP contribution is -1.97. The van der Waals surface area contributed by atoms with Gasteiger partial charge in [0.2, 0.25) is 11.5 Å². The Kier molecular flexibility index (Phi) is 7.52. The van der Waals surface area contributed by atoms with E-state index in [-0.39, 0.29) is 44.0 Å². The molecule has 0 unspecified atom stereocenters. The lowest BCUT2D eigenvalue weighted by atomic mass is 9.82. The summed E-state index contributed by atoms with van der Waals surface area (Å²) in [4.78, 5) is 0. The fourth-order valence-electron chi connectivity index (χ4n) is 6.70. The number of phenols is 7. The number of fused-ring (bicyclic) bond motifs is 3. The highest BCUT2D eigenvalue weighted by Crippen LogP contribution is 2.59. The monoisotopic (exact) mass is 648 g/mol. The molecule has 49 heavy (non-hydrogen) atoms. The smallest absolute Gasteiger partial charge is 0.204 e. The third-order valence-electron chi connectivity index (χ3n) is 9.18. The predicted octanol–water partition coefficient (Wildman–Crippen LogP) is 9.84. The summed E-state index contributed by atoms with van der Waals surface area (Å²) in [6.45, 7) is 3.18. The molecule has 0 aromatic heterocycles. The van der Waals surface area contributed by atoms with Crippen LogP contribution in [0.15, 0.2) is 109 Å². The quantitative estimate of drug-likeness (QED) is 0.0426. The van der Waals surface area contributed by atoms with Crippen LogP contribution in [0.3, 0.4) is 0 Å². The van der Waals surface area contributed by atoms with E-state index in [1.807, 2.05) is 91.0 Å². The van der Waals surface area contributed by atoms with Crippen molar-refractivity contribution in [2.75, 3.05) is 0 Å². The molecule has 7 heteroatoms. The Morgan fingerprint density at radius 2 is 1.06 bits per heavy atom. The van der Waals surface area contributed by atoms with E-state index in [1.54, 1.807) is 31.2 Å². The highest BCUT2D eigenvalue weighted by Gasteiger charge is 2.31. The molecule has 0 bridgehead atoms. The molecule has 0 radical (unpaired) electrons. The van der Waals surface area contributed by atoms with Crippen molar-refractivity contribution in [1.29, 1.82) is 0 Å². The molecule has 0 aliphatic rings. The Balaban J connectivity index is 1.61. The van der Waals surface area contributed by atoms with Gasteiger partial charge in [0.1, 0.15) is 5.75 Å². The van der Waals surface area contributed by atoms with Gasteiger partial charge in [-0.2, -0.15) is 0 Å². The molecule has 7 N–H and O–H groups in total. The molecule has 0 amide bonds. The second kappa shape index (κ2) is 11.9. The van der Waals surface area contributed by atoms with Gasteiger partial charge in [0.15, 0.2) is 23.0 Å². The van der Waals surface area contributed by atoms with E-state index in [2.05, 4.69) is 0 Å². The van der Waals surface area contributed by atoms with E-state index in [9.17, 15) is 35.7 Å². The second-order valence-corrected chi connectivity index (χ2v) is 11.9. The third kappa shape index (κ3) is 4.83. The van der Waals surface area contributed by atoms with Gasteiger partial charge < -0.3 is 35.7 Å². The fourth-order valence-corrected chi connectivity index (χ4v) is 6.70. The average Bonchev–Trinajstić information content (AvgIpc) is 3.14. The summed E-state index contributed by atoms with van der Waals surface area (Å²) in [5.41, 5.74) is 3.81. The summed E-state index contributed by atoms with van der Waals surface area (Å²) < 4.78 is 0. The van der Waals surface area contributed by atoms with E-state index < -0.39 is 34.5 Å². The van der Waals surface area contributed by atoms with Crippen molar-refractivity contribution >= 4 is 44.0 Å². The van der Waals surface area contributed by atoms with Crippen LogP contribution in [0.4, 0.5) is 0 Å². The molecule has 0 saturated heterocycles. The van der Waals surface area contributed by atoms with Crippen LogP contribution in [-0.4, -0.2) is 35.7 Å². The molecule has 0 fully saturated rings. The average molecular weight is 649 g/mol. The Hall–Kier alpha value is -6.60. The molecule has 0 spiro atoms. The topological polar surface area (TPSA) is 142 Å². The Labute approximate surface area is 281 Å². The predicted molar refractivity (Wildman–Crippen MR) is 195 cm³/mol. The van der Waals surface area contributed by atoms with Gasteiger partial charge in [-0.3, -0.25) is 0 Å². The molecule has 7 aromatic carbocycles. The first kappa shape index (κ1) is 31.0. The summed E-state index contributed by atoms with van der Waals surface area (Å²) in [5, 5.41) is 81.0. The fraction of sp³-hybridized carbons (Fsp3) is 0.0476. The van der Waals surface area contributed by atoms with Crippen molar-refractivity contribution < 1.29 is 35.7 Å². The number of hydrogen-bond acceptors (Lipinski definition) is 7. The van der Waals surface area contributed by atoms with Gasteiger partial charge in [0.05, 0.1) is 0 Å². The standard InChI is InChI=1S/C42H32O7/c1-3-24(17-16-23-10-5-4-6-11-23)30-32-34(38(45)37(44)22(2)36(32)43)31(35-33(30)39(46)41(48)42(49)40(35)47)27-20-18-26(19-21-27)29-15-9-13-25-12-7-8-14-28(25)29/h3-21,43-49H,1-2H3/b17-16-,24-3+. The maximum absolute atomic E-state index is 11.7. The first-order valence-electron chi connectivity index (χ1n) is 15.6. The molecule has 0 heterocycles. The highest BCUT2D eigenvalue weighted by molar-refractivity contribution is 6.26. The van der Waals surface area contributed by atoms with E-state index in [0.717, 1.165) is 27.5 Å². The molecular weight excluding hydrogens is 616 g/mol. The summed E-state index contributed by atoms with van der Waals surface area (Å²) in [6.07, 6.45) is 5.26. The molecule has 7 rings (SSSR count). The first-order valence-corrected chi connectivity index (χ1v) is 15.6. The lowest BCUT2D eigenvalue weighted by Gasteiger charge is -2.23. The van der Waals surface area contributed by atoms with Crippen LogP contribution in [0.1, 0.15) is 23.6 Å². The molecule has 0 saturated carbocycles. The van der Waals surface area contributed by atoms with Crippen molar-refractivity contribution in [1.82, 2.24) is 0 Å². The van der Waals surface area contributed by atoms with Crippen LogP contribution < -0.4 is 0 Å². The zero-order valence-corrected chi connectivity index (χ0v) is 26.6. The maximum Gasteiger partial charge on any atom is 0.204 e. The minimum absolute atomic E-state index is 0.0166. The molecule has 242 valence electrons. The number of phenolic OH excluding ortho intramolecular Hbond substituents is 7. The lowest BCUT2D eigenvalue weighted by molar-refractivity contribution is 0.351. The zero-order chi connectivity index (χ0) is 34.6. The van der Waals surface area contributed by atoms with Gasteiger partial charge >= 0.3 is 0 Å². The largest absolute Gasteiger partial charge is 0.507 e. The molecule has 7 aromatic rings. The Bertz CT molecular complexity index is 2430. The SMILES string of the molecule is C/C=C(\C=C/c1ccccc1)c1c2c(O)c(C)c(O)c(O)c2c(-c2ccc(-c3cccc4ccccc34)cc2)c2c(O)c(O)c(O)c(O)c12. The van der Waals surface area contributed by atoms with E-state index in [0.29, 0.717) is 11.1 Å². The van der Waals surface area contributed by atoms with E-state index in [4.69, 9.17) is 0 Å². The molecule has 7 nitrogen and oxygen atoms in total. The maximum atomic E-state index is 11.7. The Morgan fingerprint density at radius 1 is 0.510 bits per heavy atom. The van der Waals surface area contributed by atoms with Crippen molar-refractivity contribution in [3.05, 3.63) is 126 Å². The van der Waals surface area contributed by atoms with Crippen molar-refractivity contribution in [2.45, 2.75) is 13.8 Å². The van der Waals surface area contributed by atoms with E-state index in [1.165, 1.54) is 6.92 Å². The van der Waals surface area contributed by atoms with Crippen LogP contribution in [0.2, 0.25) is 0 Å². The number of benzene rings is 7. The minimum atomic E-state index is -0.967. The highest BCUT2D eigenvalue weighted by atomic mass is 16.3. The summed E-state index contributed by atoms with van der Waals surface area (Å²) in [7, 11) is 0. The van der Waals surface area contributed by atoms with Crippen molar-refractivity contribution in [3.63, 3.8) is 0 Å². The molecular formula is C42H32O7. The van der Waals surface area contributed by atoms with Crippen molar-refractivity contribution in [3.8, 4) is 62.5 Å². The van der Waals surface area contributed by atoms with Crippen LogP contribution in [0.25, 0.3) is 66.2 Å². The van der Waals surface area contributed by atoms with Gasteiger partial charge in [-0.05, 0) is 52.4 Å². The van der Waals surface area contributed by atoms with Gasteiger partial charge in [-0.25, -0.2) is 0 Å².